The molecule has 8 aliphatic carbocycles. The predicted molar refractivity (Wildman–Crippen MR) is 385 cm³/mol. The molecule has 0 saturated heterocycles. The molecule has 0 N–H and O–H groups in total. The van der Waals surface area contributed by atoms with E-state index >= 15 is 0 Å². The van der Waals surface area contributed by atoms with E-state index in [9.17, 15) is 70.2 Å². The van der Waals surface area contributed by atoms with Gasteiger partial charge in [0.1, 0.15) is 0 Å². The number of alkyl halides is 8. The summed E-state index contributed by atoms with van der Waals surface area (Å²) in [5, 5.41) is 0. The van der Waals surface area contributed by atoms with Crippen LogP contribution in [0.1, 0.15) is 281 Å². The average Bonchev–Trinajstić information content (AvgIpc) is 0.822. The highest BCUT2D eigenvalue weighted by molar-refractivity contribution is 5.33. The first-order chi connectivity index (χ1) is 50.4. The van der Waals surface area contributed by atoms with E-state index in [1.165, 1.54) is 173 Å². The Morgan fingerprint density at radius 2 is 0.509 bits per heavy atom. The molecule has 0 unspecified atom stereocenters. The van der Waals surface area contributed by atoms with E-state index in [-0.39, 0.29) is 0 Å². The van der Waals surface area contributed by atoms with Crippen LogP contribution in [0.15, 0.2) is 54.6 Å². The van der Waals surface area contributed by atoms with Crippen LogP contribution in [0.4, 0.5) is 70.2 Å². The number of hydrogen-bond donors (Lipinski definition) is 0. The van der Waals surface area contributed by atoms with Crippen LogP contribution in [-0.4, -0.2) is 19.3 Å². The molecule has 12 rings (SSSR count). The van der Waals surface area contributed by atoms with Gasteiger partial charge in [-0.05, 0) is 268 Å². The molecule has 0 bridgehead atoms. The molecule has 0 spiro atoms. The van der Waals surface area contributed by atoms with Crippen molar-refractivity contribution in [1.82, 2.24) is 0 Å². The van der Waals surface area contributed by atoms with Crippen molar-refractivity contribution in [2.45, 2.75) is 304 Å². The van der Waals surface area contributed by atoms with Crippen molar-refractivity contribution in [2.75, 3.05) is 0 Å². The van der Waals surface area contributed by atoms with E-state index in [1.807, 2.05) is 0 Å². The molecule has 0 aromatic heterocycles. The van der Waals surface area contributed by atoms with Crippen molar-refractivity contribution in [3.8, 4) is 17.2 Å². The van der Waals surface area contributed by atoms with Crippen LogP contribution >= 0.6 is 0 Å². The minimum atomic E-state index is -5.11. The lowest BCUT2D eigenvalue weighted by atomic mass is 9.72. The van der Waals surface area contributed by atoms with Gasteiger partial charge in [0.05, 0.1) is 0 Å². The fourth-order valence-corrected chi connectivity index (χ4v) is 19.6. The highest BCUT2D eigenvalue weighted by atomic mass is 19.4. The van der Waals surface area contributed by atoms with E-state index in [2.05, 4.69) is 41.9 Å². The highest BCUT2D eigenvalue weighted by Crippen LogP contribution is 2.45. The van der Waals surface area contributed by atoms with Crippen molar-refractivity contribution in [2.24, 2.45) is 94.7 Å². The molecule has 0 aliphatic heterocycles. The summed E-state index contributed by atoms with van der Waals surface area (Å²) >= 11 is 0. The molecular weight excluding hydrogens is 1400 g/mol. The zero-order valence-electron chi connectivity index (χ0n) is 63.1. The maximum absolute atomic E-state index is 13.9. The fraction of sp³-hybridized carbons (Fsp3) is 0.724. The van der Waals surface area contributed by atoms with Crippen LogP contribution in [0, 0.1) is 141 Å². The van der Waals surface area contributed by atoms with E-state index < -0.39 is 83.1 Å². The number of hydrogen-bond acceptors (Lipinski definition) is 3. The molecule has 8 fully saturated rings. The number of halogens is 16. The number of benzene rings is 4. The standard InChI is InChI=1S/C22H29F5O.2C22H30F4O.C21H29F3/c1-14-2-4-15(5-3-14)10-16-6-8-17(9-7-16)11-18-12-19(23)21(20(24)13-18)28-22(25,26)27;1-14-2-4-15(5-3-14)10-16-6-8-17(9-7-16)11-18-12-19(23)21(20(24)13-18)27-22(25)26;1-15-2-4-16(5-3-15)12-17-6-8-18(9-7-17)13-19-10-11-21(20(23)14-19)27-22(24,25)26;1-14-2-4-15(5-3-14)10-16-6-8-17(9-7-16)11-18-12-19(22)21(24)20(23)13-18/h12-17H,2-11H2,1H3;12-17,22H,2-11H2,1H3;10-11,14-18H,2-9,12-13H2,1H3;12-17H,2-11H2,1H3. The largest absolute Gasteiger partial charge is 0.573 e. The second-order valence-electron chi connectivity index (χ2n) is 34.7. The van der Waals surface area contributed by atoms with Crippen molar-refractivity contribution in [3.05, 3.63) is 123 Å². The maximum Gasteiger partial charge on any atom is 0.573 e. The number of ether oxygens (including phenoxy) is 3. The summed E-state index contributed by atoms with van der Waals surface area (Å²) in [6.45, 7) is 6.16. The zero-order chi connectivity index (χ0) is 76.2. The van der Waals surface area contributed by atoms with Gasteiger partial charge in [-0.3, -0.25) is 0 Å². The SMILES string of the molecule is CC1CCC(CC2CCC(Cc3cc(F)c(F)c(F)c3)CC2)CC1.CC1CCC(CC2CCC(Cc3cc(F)c(OC(F)(F)F)c(F)c3)CC2)CC1.CC1CCC(CC2CCC(Cc3cc(F)c(OC(F)F)c(F)c3)CC2)CC1.CC1CCC(CC2CCC(Cc3ccc(OC(F)(F)F)c(F)c3)CC2)CC1. The van der Waals surface area contributed by atoms with Crippen molar-refractivity contribution < 1.29 is 84.5 Å². The summed E-state index contributed by atoms with van der Waals surface area (Å²) in [6.07, 6.45) is 38.1. The zero-order valence-corrected chi connectivity index (χ0v) is 63.1. The first-order valence-electron chi connectivity index (χ1n) is 40.7. The molecular formula is C87H118F16O3. The average molecular weight is 1520 g/mol. The van der Waals surface area contributed by atoms with Crippen LogP contribution in [-0.2, 0) is 25.7 Å². The smallest absolute Gasteiger partial charge is 0.429 e. The summed E-state index contributed by atoms with van der Waals surface area (Å²) in [4.78, 5) is 0. The lowest BCUT2D eigenvalue weighted by molar-refractivity contribution is -0.277. The van der Waals surface area contributed by atoms with Crippen LogP contribution in [0.25, 0.3) is 0 Å². The van der Waals surface area contributed by atoms with E-state index in [4.69, 9.17) is 0 Å². The van der Waals surface area contributed by atoms with Gasteiger partial charge in [-0.15, -0.1) is 26.3 Å². The van der Waals surface area contributed by atoms with Gasteiger partial charge < -0.3 is 14.2 Å². The fourth-order valence-electron chi connectivity index (χ4n) is 19.6. The molecule has 3 nitrogen and oxygen atoms in total. The lowest BCUT2D eigenvalue weighted by Gasteiger charge is -2.33. The Morgan fingerprint density at radius 1 is 0.283 bits per heavy atom. The summed E-state index contributed by atoms with van der Waals surface area (Å²) in [5.74, 6) is -0.229. The third-order valence-electron chi connectivity index (χ3n) is 26.0. The molecule has 0 amide bonds. The van der Waals surface area contributed by atoms with Crippen molar-refractivity contribution in [3.63, 3.8) is 0 Å². The van der Waals surface area contributed by atoms with E-state index in [0.717, 1.165) is 190 Å². The molecule has 4 aromatic rings. The molecule has 8 aliphatic rings. The molecule has 0 atom stereocenters. The Kier molecular flexibility index (Phi) is 32.9. The number of rotatable bonds is 20. The maximum atomic E-state index is 13.9. The van der Waals surface area contributed by atoms with Gasteiger partial charge >= 0.3 is 19.3 Å². The molecule has 0 heterocycles. The minimum absolute atomic E-state index is 0.329. The molecule has 106 heavy (non-hydrogen) atoms. The Morgan fingerprint density at radius 3 is 0.764 bits per heavy atom. The Bertz CT molecular complexity index is 3170. The second kappa shape index (κ2) is 40.9. The van der Waals surface area contributed by atoms with Crippen molar-refractivity contribution >= 4 is 0 Å². The summed E-state index contributed by atoms with van der Waals surface area (Å²) < 4.78 is 218. The Hall–Kier alpha value is -4.84. The lowest BCUT2D eigenvalue weighted by Crippen LogP contribution is -2.21. The van der Waals surface area contributed by atoms with Crippen LogP contribution in [0.5, 0.6) is 17.2 Å². The van der Waals surface area contributed by atoms with Crippen LogP contribution in [0.3, 0.4) is 0 Å². The van der Waals surface area contributed by atoms with Gasteiger partial charge in [0, 0.05) is 0 Å². The normalized spacial score (nSPS) is 29.6. The van der Waals surface area contributed by atoms with Gasteiger partial charge in [0.25, 0.3) is 0 Å². The molecule has 0 radical (unpaired) electrons. The topological polar surface area (TPSA) is 27.7 Å². The van der Waals surface area contributed by atoms with E-state index in [1.54, 1.807) is 6.07 Å². The summed E-state index contributed by atoms with van der Waals surface area (Å²) in [5.41, 5.74) is 2.27. The van der Waals surface area contributed by atoms with Gasteiger partial charge in [0.2, 0.25) is 5.75 Å². The Balaban J connectivity index is 0.000000164. The first kappa shape index (κ1) is 85.2. The molecule has 596 valence electrons. The quantitative estimate of drug-likeness (QED) is 0.0652. The van der Waals surface area contributed by atoms with Crippen LogP contribution in [0.2, 0.25) is 0 Å². The van der Waals surface area contributed by atoms with Crippen LogP contribution < -0.4 is 14.2 Å². The summed E-state index contributed by atoms with van der Waals surface area (Å²) in [7, 11) is 0. The third kappa shape index (κ3) is 28.8. The monoisotopic (exact) mass is 1510 g/mol. The van der Waals surface area contributed by atoms with Gasteiger partial charge in [0.15, 0.2) is 58.0 Å². The third-order valence-corrected chi connectivity index (χ3v) is 26.0. The van der Waals surface area contributed by atoms with Gasteiger partial charge in [-0.1, -0.05) is 188 Å². The highest BCUT2D eigenvalue weighted by Gasteiger charge is 2.37. The first-order valence-corrected chi connectivity index (χ1v) is 40.7. The van der Waals surface area contributed by atoms with Crippen molar-refractivity contribution in [1.29, 1.82) is 0 Å². The second-order valence-corrected chi connectivity index (χ2v) is 34.7. The molecule has 4 aromatic carbocycles. The summed E-state index contributed by atoms with van der Waals surface area (Å²) in [6, 6.07) is 10.4. The minimum Gasteiger partial charge on any atom is -0.429 e. The van der Waals surface area contributed by atoms with E-state index in [0.29, 0.717) is 59.6 Å². The van der Waals surface area contributed by atoms with Gasteiger partial charge in [-0.2, -0.15) is 8.78 Å². The molecule has 19 heteroatoms. The van der Waals surface area contributed by atoms with Gasteiger partial charge in [-0.25, -0.2) is 35.1 Å². The predicted octanol–water partition coefficient (Wildman–Crippen LogP) is 28.5. The molecule has 8 saturated carbocycles. The Labute approximate surface area is 621 Å².